The summed E-state index contributed by atoms with van der Waals surface area (Å²) in [4.78, 5) is 15.0. The lowest BCUT2D eigenvalue weighted by atomic mass is 10.0. The van der Waals surface area contributed by atoms with E-state index in [1.807, 2.05) is 23.4 Å². The molecule has 4 heteroatoms. The molecular weight excluding hydrogens is 268 g/mol. The summed E-state index contributed by atoms with van der Waals surface area (Å²) in [7, 11) is 1.95. The van der Waals surface area contributed by atoms with Gasteiger partial charge in [-0.15, -0.1) is 11.3 Å². The number of carbonyl (C=O) groups excluding carboxylic acids is 1. The van der Waals surface area contributed by atoms with Crippen molar-refractivity contribution in [1.82, 2.24) is 0 Å². The highest BCUT2D eigenvalue weighted by atomic mass is 32.1. The minimum absolute atomic E-state index is 0.00900. The molecule has 1 unspecified atom stereocenters. The molecule has 102 valence electrons. The Balaban J connectivity index is 2.45. The number of hydrogen-bond acceptors (Lipinski definition) is 4. The van der Waals surface area contributed by atoms with E-state index >= 15 is 0 Å². The zero-order valence-electron chi connectivity index (χ0n) is 11.8. The molecule has 1 heterocycles. The first-order chi connectivity index (χ1) is 9.54. The average Bonchev–Trinajstić information content (AvgIpc) is 2.99. The van der Waals surface area contributed by atoms with Crippen LogP contribution in [0.2, 0.25) is 0 Å². The first kappa shape index (κ1) is 14.3. The van der Waals surface area contributed by atoms with E-state index in [4.69, 9.17) is 5.26 Å². The van der Waals surface area contributed by atoms with Crippen molar-refractivity contribution in [2.75, 3.05) is 11.9 Å². The largest absolute Gasteiger partial charge is 0.366 e. The molecule has 0 bridgehead atoms. The van der Waals surface area contributed by atoms with Gasteiger partial charge in [0.15, 0.2) is 5.78 Å². The first-order valence-electron chi connectivity index (χ1n) is 6.36. The zero-order valence-corrected chi connectivity index (χ0v) is 12.6. The maximum atomic E-state index is 11.8. The Morgan fingerprint density at radius 1 is 1.40 bits per heavy atom. The third kappa shape index (κ3) is 2.73. The highest BCUT2D eigenvalue weighted by Gasteiger charge is 2.18. The van der Waals surface area contributed by atoms with Crippen LogP contribution in [0.5, 0.6) is 0 Å². The molecule has 0 aliphatic carbocycles. The molecule has 1 aromatic carbocycles. The Bertz CT molecular complexity index is 656. The first-order valence-corrected chi connectivity index (χ1v) is 7.24. The smallest absolute Gasteiger partial charge is 0.161 e. The minimum atomic E-state index is 0.00900. The fraction of sp³-hybridized carbons (Fsp3) is 0.250. The Labute approximate surface area is 123 Å². The molecule has 0 saturated carbocycles. The summed E-state index contributed by atoms with van der Waals surface area (Å²) in [5.41, 5.74) is 2.02. The molecule has 20 heavy (non-hydrogen) atoms. The molecule has 0 aliphatic rings. The van der Waals surface area contributed by atoms with Gasteiger partial charge in [-0.2, -0.15) is 5.26 Å². The van der Waals surface area contributed by atoms with E-state index in [0.29, 0.717) is 11.1 Å². The average molecular weight is 284 g/mol. The standard InChI is InChI=1S/C16H16N2OS/c1-11(16-5-4-8-20-16)18(3)15-9-13(10-17)6-7-14(15)12(2)19/h4-9,11H,1-3H3. The van der Waals surface area contributed by atoms with Crippen LogP contribution in [0.3, 0.4) is 0 Å². The van der Waals surface area contributed by atoms with Gasteiger partial charge >= 0.3 is 0 Å². The summed E-state index contributed by atoms with van der Waals surface area (Å²) >= 11 is 1.69. The van der Waals surface area contributed by atoms with Gasteiger partial charge in [0.2, 0.25) is 0 Å². The SMILES string of the molecule is CC(=O)c1ccc(C#N)cc1N(C)C(C)c1cccs1. The van der Waals surface area contributed by atoms with E-state index in [9.17, 15) is 4.79 Å². The lowest BCUT2D eigenvalue weighted by Crippen LogP contribution is -2.23. The van der Waals surface area contributed by atoms with Gasteiger partial charge in [0.05, 0.1) is 17.7 Å². The Morgan fingerprint density at radius 2 is 2.15 bits per heavy atom. The normalized spacial score (nSPS) is 11.7. The second-order valence-electron chi connectivity index (χ2n) is 4.70. The van der Waals surface area contributed by atoms with Crippen molar-refractivity contribution in [2.24, 2.45) is 0 Å². The number of nitrogens with zero attached hydrogens (tertiary/aromatic N) is 2. The topological polar surface area (TPSA) is 44.1 Å². The lowest BCUT2D eigenvalue weighted by Gasteiger charge is -2.28. The fourth-order valence-electron chi connectivity index (χ4n) is 2.12. The van der Waals surface area contributed by atoms with Crippen LogP contribution in [-0.2, 0) is 0 Å². The molecule has 0 radical (unpaired) electrons. The van der Waals surface area contributed by atoms with E-state index in [1.54, 1.807) is 36.5 Å². The van der Waals surface area contributed by atoms with E-state index in [-0.39, 0.29) is 11.8 Å². The lowest BCUT2D eigenvalue weighted by molar-refractivity contribution is 0.101. The number of Topliss-reactive ketones (excluding diaryl/α,β-unsaturated/α-hetero) is 1. The van der Waals surface area contributed by atoms with Gasteiger partial charge in [0, 0.05) is 23.2 Å². The van der Waals surface area contributed by atoms with Crippen molar-refractivity contribution < 1.29 is 4.79 Å². The van der Waals surface area contributed by atoms with Crippen LogP contribution >= 0.6 is 11.3 Å². The van der Waals surface area contributed by atoms with E-state index in [0.717, 1.165) is 5.69 Å². The molecular formula is C16H16N2OS. The number of anilines is 1. The molecule has 3 nitrogen and oxygen atoms in total. The molecule has 0 saturated heterocycles. The number of hydrogen-bond donors (Lipinski definition) is 0. The molecule has 0 amide bonds. The number of nitriles is 1. The van der Waals surface area contributed by atoms with Gasteiger partial charge in [-0.3, -0.25) is 4.79 Å². The molecule has 0 N–H and O–H groups in total. The van der Waals surface area contributed by atoms with Gasteiger partial charge in [0.1, 0.15) is 0 Å². The number of rotatable bonds is 4. The second-order valence-corrected chi connectivity index (χ2v) is 5.68. The van der Waals surface area contributed by atoms with Gasteiger partial charge in [-0.1, -0.05) is 6.07 Å². The van der Waals surface area contributed by atoms with Crippen molar-refractivity contribution in [3.8, 4) is 6.07 Å². The third-order valence-electron chi connectivity index (χ3n) is 3.42. The van der Waals surface area contributed by atoms with Gasteiger partial charge in [-0.05, 0) is 43.5 Å². The molecule has 0 fully saturated rings. The van der Waals surface area contributed by atoms with Crippen molar-refractivity contribution in [2.45, 2.75) is 19.9 Å². The van der Waals surface area contributed by atoms with Crippen LogP contribution < -0.4 is 4.90 Å². The molecule has 0 spiro atoms. The molecule has 0 aliphatic heterocycles. The summed E-state index contributed by atoms with van der Waals surface area (Å²) in [6.07, 6.45) is 0. The predicted octanol–water partition coefficient (Wildman–Crippen LogP) is 4.02. The van der Waals surface area contributed by atoms with E-state index in [1.165, 1.54) is 4.88 Å². The van der Waals surface area contributed by atoms with Gasteiger partial charge < -0.3 is 4.90 Å². The third-order valence-corrected chi connectivity index (χ3v) is 4.46. The number of benzene rings is 1. The Morgan fingerprint density at radius 3 is 2.70 bits per heavy atom. The van der Waals surface area contributed by atoms with E-state index in [2.05, 4.69) is 19.1 Å². The highest BCUT2D eigenvalue weighted by Crippen LogP contribution is 2.31. The van der Waals surface area contributed by atoms with Gasteiger partial charge in [0.25, 0.3) is 0 Å². The maximum Gasteiger partial charge on any atom is 0.161 e. The Kier molecular flexibility index (Phi) is 4.21. The maximum absolute atomic E-state index is 11.8. The summed E-state index contributed by atoms with van der Waals surface area (Å²) in [6.45, 7) is 3.64. The van der Waals surface area contributed by atoms with Crippen molar-refractivity contribution in [1.29, 1.82) is 5.26 Å². The molecule has 1 atom stereocenters. The van der Waals surface area contributed by atoms with Crippen molar-refractivity contribution in [3.05, 3.63) is 51.7 Å². The summed E-state index contributed by atoms with van der Waals surface area (Å²) in [5, 5.41) is 11.1. The summed E-state index contributed by atoms with van der Waals surface area (Å²) in [6, 6.07) is 11.6. The fourth-order valence-corrected chi connectivity index (χ4v) is 2.95. The van der Waals surface area contributed by atoms with Crippen LogP contribution in [0.4, 0.5) is 5.69 Å². The monoisotopic (exact) mass is 284 g/mol. The second kappa shape index (κ2) is 5.89. The summed E-state index contributed by atoms with van der Waals surface area (Å²) in [5.74, 6) is 0.00900. The predicted molar refractivity (Wildman–Crippen MR) is 82.3 cm³/mol. The summed E-state index contributed by atoms with van der Waals surface area (Å²) < 4.78 is 0. The van der Waals surface area contributed by atoms with Gasteiger partial charge in [-0.25, -0.2) is 0 Å². The zero-order chi connectivity index (χ0) is 14.7. The van der Waals surface area contributed by atoms with Crippen molar-refractivity contribution in [3.63, 3.8) is 0 Å². The number of thiophene rings is 1. The highest BCUT2D eigenvalue weighted by molar-refractivity contribution is 7.10. The molecule has 2 aromatic rings. The number of carbonyl (C=O) groups is 1. The van der Waals surface area contributed by atoms with E-state index < -0.39 is 0 Å². The van der Waals surface area contributed by atoms with Crippen LogP contribution in [-0.4, -0.2) is 12.8 Å². The molecule has 2 rings (SSSR count). The van der Waals surface area contributed by atoms with Crippen LogP contribution in [0.1, 0.15) is 40.7 Å². The van der Waals surface area contributed by atoms with Crippen LogP contribution in [0.15, 0.2) is 35.7 Å². The van der Waals surface area contributed by atoms with Crippen LogP contribution in [0, 0.1) is 11.3 Å². The van der Waals surface area contributed by atoms with Crippen molar-refractivity contribution >= 4 is 22.8 Å². The Hall–Kier alpha value is -2.12. The molecule has 1 aromatic heterocycles. The number of ketones is 1. The van der Waals surface area contributed by atoms with Crippen LogP contribution in [0.25, 0.3) is 0 Å². The minimum Gasteiger partial charge on any atom is -0.366 e. The quantitative estimate of drug-likeness (QED) is 0.796.